The predicted molar refractivity (Wildman–Crippen MR) is 111 cm³/mol. The molecule has 1 heterocycles. The number of aromatic nitrogens is 1. The molecule has 0 aliphatic rings. The van der Waals surface area contributed by atoms with Crippen molar-refractivity contribution in [1.82, 2.24) is 4.98 Å². The zero-order valence-corrected chi connectivity index (χ0v) is 16.6. The first-order chi connectivity index (χ1) is 13.6. The Kier molecular flexibility index (Phi) is 6.74. The van der Waals surface area contributed by atoms with E-state index in [0.717, 1.165) is 5.56 Å². The minimum absolute atomic E-state index is 0.293. The molecule has 0 bridgehead atoms. The highest BCUT2D eigenvalue weighted by Gasteiger charge is 2.13. The SMILES string of the molecule is CCOc1cc(C(=O)Nc2ccc(Cl)c(Cl)c2)ccc1OCc1cccnc1. The van der Waals surface area contributed by atoms with E-state index in [2.05, 4.69) is 10.3 Å². The van der Waals surface area contributed by atoms with E-state index in [1.807, 2.05) is 19.1 Å². The van der Waals surface area contributed by atoms with Crippen LogP contribution in [0.4, 0.5) is 5.69 Å². The van der Waals surface area contributed by atoms with Gasteiger partial charge in [0.25, 0.3) is 5.91 Å². The Morgan fingerprint density at radius 2 is 1.89 bits per heavy atom. The maximum atomic E-state index is 12.6. The molecule has 0 aliphatic carbocycles. The van der Waals surface area contributed by atoms with Gasteiger partial charge in [-0.15, -0.1) is 0 Å². The number of hydrogen-bond donors (Lipinski definition) is 1. The van der Waals surface area contributed by atoms with E-state index in [4.69, 9.17) is 32.7 Å². The quantitative estimate of drug-likeness (QED) is 0.542. The number of nitrogens with one attached hydrogen (secondary N) is 1. The molecule has 0 saturated heterocycles. The normalized spacial score (nSPS) is 10.4. The molecule has 1 N–H and O–H groups in total. The number of anilines is 1. The van der Waals surface area contributed by atoms with Crippen LogP contribution in [-0.2, 0) is 6.61 Å². The van der Waals surface area contributed by atoms with Crippen molar-refractivity contribution in [3.63, 3.8) is 0 Å². The van der Waals surface area contributed by atoms with Gasteiger partial charge in [0.2, 0.25) is 0 Å². The highest BCUT2D eigenvalue weighted by Crippen LogP contribution is 2.30. The molecular weight excluding hydrogens is 399 g/mol. The second-order valence-corrected chi connectivity index (χ2v) is 6.64. The fourth-order valence-corrected chi connectivity index (χ4v) is 2.76. The number of halogens is 2. The molecule has 0 aliphatic heterocycles. The lowest BCUT2D eigenvalue weighted by atomic mass is 10.1. The summed E-state index contributed by atoms with van der Waals surface area (Å²) in [4.78, 5) is 16.6. The molecule has 144 valence electrons. The maximum absolute atomic E-state index is 12.6. The number of carbonyl (C=O) groups excluding carboxylic acids is 1. The minimum Gasteiger partial charge on any atom is -0.490 e. The standard InChI is InChI=1S/C21H18Cl2N2O3/c1-2-27-20-10-15(21(26)25-16-6-7-17(22)18(23)11-16)5-8-19(20)28-13-14-4-3-9-24-12-14/h3-12H,2,13H2,1H3,(H,25,26). The average Bonchev–Trinajstić information content (AvgIpc) is 2.71. The van der Waals surface area contributed by atoms with Crippen LogP contribution in [0.1, 0.15) is 22.8 Å². The Bertz CT molecular complexity index is 965. The van der Waals surface area contributed by atoms with Crippen LogP contribution in [-0.4, -0.2) is 17.5 Å². The summed E-state index contributed by atoms with van der Waals surface area (Å²) < 4.78 is 11.5. The van der Waals surface area contributed by atoms with Crippen molar-refractivity contribution in [3.05, 3.63) is 82.1 Å². The predicted octanol–water partition coefficient (Wildman–Crippen LogP) is 5.62. The smallest absolute Gasteiger partial charge is 0.255 e. The van der Waals surface area contributed by atoms with Crippen LogP contribution < -0.4 is 14.8 Å². The number of hydrogen-bond acceptors (Lipinski definition) is 4. The second kappa shape index (κ2) is 9.44. The summed E-state index contributed by atoms with van der Waals surface area (Å²) in [5.74, 6) is 0.753. The van der Waals surface area contributed by atoms with Crippen LogP contribution >= 0.6 is 23.2 Å². The van der Waals surface area contributed by atoms with Crippen LogP contribution in [0.3, 0.4) is 0 Å². The van der Waals surface area contributed by atoms with Crippen LogP contribution in [0.2, 0.25) is 10.0 Å². The molecule has 0 unspecified atom stereocenters. The highest BCUT2D eigenvalue weighted by atomic mass is 35.5. The van der Waals surface area contributed by atoms with Gasteiger partial charge in [-0.05, 0) is 49.4 Å². The zero-order valence-electron chi connectivity index (χ0n) is 15.1. The van der Waals surface area contributed by atoms with E-state index in [1.165, 1.54) is 0 Å². The van der Waals surface area contributed by atoms with Crippen molar-refractivity contribution >= 4 is 34.8 Å². The fourth-order valence-electron chi connectivity index (χ4n) is 2.46. The first kappa shape index (κ1) is 20.0. The lowest BCUT2D eigenvalue weighted by Gasteiger charge is -2.13. The topological polar surface area (TPSA) is 60.5 Å². The molecule has 3 rings (SSSR count). The third kappa shape index (κ3) is 5.15. The van der Waals surface area contributed by atoms with Gasteiger partial charge in [-0.25, -0.2) is 0 Å². The van der Waals surface area contributed by atoms with Gasteiger partial charge >= 0.3 is 0 Å². The van der Waals surface area contributed by atoms with E-state index < -0.39 is 0 Å². The minimum atomic E-state index is -0.293. The Morgan fingerprint density at radius 1 is 1.04 bits per heavy atom. The molecular formula is C21H18Cl2N2O3. The lowest BCUT2D eigenvalue weighted by molar-refractivity contribution is 0.102. The van der Waals surface area contributed by atoms with E-state index >= 15 is 0 Å². The summed E-state index contributed by atoms with van der Waals surface area (Å²) in [5, 5.41) is 3.58. The van der Waals surface area contributed by atoms with Crippen LogP contribution in [0, 0.1) is 0 Å². The average molecular weight is 417 g/mol. The van der Waals surface area contributed by atoms with Crippen molar-refractivity contribution in [1.29, 1.82) is 0 Å². The molecule has 3 aromatic rings. The molecule has 2 aromatic carbocycles. The van der Waals surface area contributed by atoms with E-state index in [1.54, 1.807) is 48.8 Å². The van der Waals surface area contributed by atoms with Gasteiger partial charge in [0.05, 0.1) is 16.7 Å². The van der Waals surface area contributed by atoms with Crippen molar-refractivity contribution in [2.45, 2.75) is 13.5 Å². The number of amides is 1. The van der Waals surface area contributed by atoms with E-state index in [-0.39, 0.29) is 5.91 Å². The van der Waals surface area contributed by atoms with Crippen molar-refractivity contribution < 1.29 is 14.3 Å². The molecule has 1 amide bonds. The Balaban J connectivity index is 1.75. The van der Waals surface area contributed by atoms with Gasteiger partial charge in [0.15, 0.2) is 11.5 Å². The van der Waals surface area contributed by atoms with E-state index in [0.29, 0.717) is 46.0 Å². The van der Waals surface area contributed by atoms with Gasteiger partial charge in [-0.2, -0.15) is 0 Å². The number of nitrogens with zero attached hydrogens (tertiary/aromatic N) is 1. The third-order valence-corrected chi connectivity index (χ3v) is 4.54. The third-order valence-electron chi connectivity index (χ3n) is 3.80. The number of rotatable bonds is 7. The maximum Gasteiger partial charge on any atom is 0.255 e. The molecule has 0 radical (unpaired) electrons. The van der Waals surface area contributed by atoms with Crippen molar-refractivity contribution in [2.75, 3.05) is 11.9 Å². The van der Waals surface area contributed by atoms with E-state index in [9.17, 15) is 4.79 Å². The molecule has 0 atom stereocenters. The van der Waals surface area contributed by atoms with Crippen molar-refractivity contribution in [2.24, 2.45) is 0 Å². The van der Waals surface area contributed by atoms with Gasteiger partial charge in [0, 0.05) is 29.2 Å². The Morgan fingerprint density at radius 3 is 2.61 bits per heavy atom. The van der Waals surface area contributed by atoms with Crippen molar-refractivity contribution in [3.8, 4) is 11.5 Å². The number of benzene rings is 2. The van der Waals surface area contributed by atoms with Gasteiger partial charge in [-0.1, -0.05) is 29.3 Å². The van der Waals surface area contributed by atoms with Crippen LogP contribution in [0.5, 0.6) is 11.5 Å². The highest BCUT2D eigenvalue weighted by molar-refractivity contribution is 6.42. The Hall–Kier alpha value is -2.76. The molecule has 0 spiro atoms. The summed E-state index contributed by atoms with van der Waals surface area (Å²) in [6.45, 7) is 2.66. The zero-order chi connectivity index (χ0) is 19.9. The van der Waals surface area contributed by atoms with Gasteiger partial charge in [0.1, 0.15) is 6.61 Å². The summed E-state index contributed by atoms with van der Waals surface area (Å²) >= 11 is 11.9. The number of ether oxygens (including phenoxy) is 2. The summed E-state index contributed by atoms with van der Waals surface area (Å²) in [6, 6.07) is 13.7. The second-order valence-electron chi connectivity index (χ2n) is 5.83. The fraction of sp³-hybridized carbons (Fsp3) is 0.143. The first-order valence-electron chi connectivity index (χ1n) is 8.61. The Labute approximate surface area is 173 Å². The van der Waals surface area contributed by atoms with Crippen LogP contribution in [0.25, 0.3) is 0 Å². The first-order valence-corrected chi connectivity index (χ1v) is 9.37. The molecule has 0 fully saturated rings. The summed E-state index contributed by atoms with van der Waals surface area (Å²) in [7, 11) is 0. The largest absolute Gasteiger partial charge is 0.490 e. The van der Waals surface area contributed by atoms with Gasteiger partial charge in [-0.3, -0.25) is 9.78 Å². The summed E-state index contributed by atoms with van der Waals surface area (Å²) in [6.07, 6.45) is 3.44. The van der Waals surface area contributed by atoms with Gasteiger partial charge < -0.3 is 14.8 Å². The van der Waals surface area contributed by atoms with Crippen LogP contribution in [0.15, 0.2) is 60.9 Å². The monoisotopic (exact) mass is 416 g/mol. The molecule has 5 nitrogen and oxygen atoms in total. The molecule has 1 aromatic heterocycles. The molecule has 0 saturated carbocycles. The lowest BCUT2D eigenvalue weighted by Crippen LogP contribution is -2.12. The molecule has 28 heavy (non-hydrogen) atoms. The number of pyridine rings is 1. The molecule has 7 heteroatoms. The summed E-state index contributed by atoms with van der Waals surface area (Å²) in [5.41, 5.74) is 1.92. The number of carbonyl (C=O) groups is 1.